The highest BCUT2D eigenvalue weighted by Crippen LogP contribution is 2.48. The first-order valence-corrected chi connectivity index (χ1v) is 7.71. The summed E-state index contributed by atoms with van der Waals surface area (Å²) in [5, 5.41) is 0. The summed E-state index contributed by atoms with van der Waals surface area (Å²) in [7, 11) is -1.27. The van der Waals surface area contributed by atoms with E-state index in [4.69, 9.17) is 13.6 Å². The first-order chi connectivity index (χ1) is 8.78. The minimum atomic E-state index is -1.27. The minimum absolute atomic E-state index is 0.0426. The van der Waals surface area contributed by atoms with E-state index in [1.807, 2.05) is 18.2 Å². The van der Waals surface area contributed by atoms with Gasteiger partial charge >= 0.3 is 8.60 Å². The molecule has 1 saturated heterocycles. The fourth-order valence-electron chi connectivity index (χ4n) is 1.83. The van der Waals surface area contributed by atoms with E-state index in [0.717, 1.165) is 5.75 Å². The lowest BCUT2D eigenvalue weighted by Gasteiger charge is -2.33. The van der Waals surface area contributed by atoms with E-state index in [2.05, 4.69) is 40.7 Å². The van der Waals surface area contributed by atoms with Crippen LogP contribution in [0.4, 0.5) is 0 Å². The van der Waals surface area contributed by atoms with Crippen molar-refractivity contribution in [1.82, 2.24) is 0 Å². The fraction of sp³-hybridized carbons (Fsp3) is 0.600. The van der Waals surface area contributed by atoms with Crippen molar-refractivity contribution >= 4 is 8.60 Å². The summed E-state index contributed by atoms with van der Waals surface area (Å²) in [5.41, 5.74) is 1.29. The van der Waals surface area contributed by atoms with Gasteiger partial charge in [0.05, 0.1) is 13.2 Å². The van der Waals surface area contributed by atoms with Crippen LogP contribution in [0.1, 0.15) is 40.2 Å². The van der Waals surface area contributed by atoms with Crippen molar-refractivity contribution in [3.8, 4) is 5.75 Å². The fourth-order valence-corrected chi connectivity index (χ4v) is 3.24. The molecular formula is C15H23O3P. The first-order valence-electron chi connectivity index (χ1n) is 6.61. The maximum Gasteiger partial charge on any atom is 0.397 e. The van der Waals surface area contributed by atoms with Gasteiger partial charge in [0.15, 0.2) is 0 Å². The molecule has 1 aromatic rings. The van der Waals surface area contributed by atoms with Gasteiger partial charge in [0.2, 0.25) is 0 Å². The molecule has 0 aromatic heterocycles. The van der Waals surface area contributed by atoms with E-state index in [1.165, 1.54) is 5.56 Å². The SMILES string of the molecule is CC1(C)COP(Oc2ccccc2C(C)(C)C)OC1. The summed E-state index contributed by atoms with van der Waals surface area (Å²) in [4.78, 5) is 0. The zero-order valence-electron chi connectivity index (χ0n) is 12.4. The average Bonchev–Trinajstić information content (AvgIpc) is 2.31. The largest absolute Gasteiger partial charge is 0.426 e. The molecule has 1 aromatic carbocycles. The Morgan fingerprint density at radius 3 is 2.26 bits per heavy atom. The van der Waals surface area contributed by atoms with Crippen LogP contribution in [0.15, 0.2) is 24.3 Å². The molecular weight excluding hydrogens is 259 g/mol. The Hall–Kier alpha value is -0.630. The van der Waals surface area contributed by atoms with Crippen LogP contribution < -0.4 is 4.52 Å². The lowest BCUT2D eigenvalue weighted by molar-refractivity contribution is 0.0425. The van der Waals surface area contributed by atoms with E-state index in [9.17, 15) is 0 Å². The summed E-state index contributed by atoms with van der Waals surface area (Å²) >= 11 is 0. The smallest absolute Gasteiger partial charge is 0.397 e. The molecule has 2 rings (SSSR count). The van der Waals surface area contributed by atoms with Crippen molar-refractivity contribution in [2.24, 2.45) is 5.41 Å². The summed E-state index contributed by atoms with van der Waals surface area (Å²) in [6.45, 7) is 12.1. The van der Waals surface area contributed by atoms with Crippen LogP contribution in [0.25, 0.3) is 0 Å². The average molecular weight is 282 g/mol. The summed E-state index contributed by atoms with van der Waals surface area (Å²) in [6, 6.07) is 8.09. The number of benzene rings is 1. The maximum atomic E-state index is 5.93. The van der Waals surface area contributed by atoms with Gasteiger partial charge in [0.1, 0.15) is 5.75 Å². The predicted molar refractivity (Wildman–Crippen MR) is 78.4 cm³/mol. The number of rotatable bonds is 2. The van der Waals surface area contributed by atoms with Gasteiger partial charge in [-0.2, -0.15) is 0 Å². The molecule has 0 radical (unpaired) electrons. The second-order valence-electron chi connectivity index (χ2n) is 6.77. The molecule has 0 N–H and O–H groups in total. The number of hydrogen-bond acceptors (Lipinski definition) is 3. The molecule has 0 atom stereocenters. The summed E-state index contributed by atoms with van der Waals surface area (Å²) in [6.07, 6.45) is 0. The van der Waals surface area contributed by atoms with Gasteiger partial charge in [-0.15, -0.1) is 0 Å². The van der Waals surface area contributed by atoms with E-state index < -0.39 is 8.60 Å². The van der Waals surface area contributed by atoms with Crippen molar-refractivity contribution in [2.75, 3.05) is 13.2 Å². The molecule has 106 valence electrons. The second-order valence-corrected chi connectivity index (χ2v) is 7.92. The Kier molecular flexibility index (Phi) is 4.20. The third-order valence-electron chi connectivity index (χ3n) is 2.99. The Labute approximate surface area is 117 Å². The summed E-state index contributed by atoms with van der Waals surface area (Å²) in [5.74, 6) is 0.862. The lowest BCUT2D eigenvalue weighted by Crippen LogP contribution is -2.29. The van der Waals surface area contributed by atoms with Gasteiger partial charge in [0.25, 0.3) is 0 Å². The van der Waals surface area contributed by atoms with Crippen molar-refractivity contribution in [3.05, 3.63) is 29.8 Å². The molecule has 1 aliphatic heterocycles. The third kappa shape index (κ3) is 3.92. The lowest BCUT2D eigenvalue weighted by atomic mass is 9.86. The van der Waals surface area contributed by atoms with Gasteiger partial charge in [-0.1, -0.05) is 52.8 Å². The van der Waals surface area contributed by atoms with E-state index in [0.29, 0.717) is 13.2 Å². The monoisotopic (exact) mass is 282 g/mol. The molecule has 1 fully saturated rings. The predicted octanol–water partition coefficient (Wildman–Crippen LogP) is 4.66. The topological polar surface area (TPSA) is 27.7 Å². The van der Waals surface area contributed by atoms with Gasteiger partial charge in [-0.25, -0.2) is 0 Å². The molecule has 4 heteroatoms. The quantitative estimate of drug-likeness (QED) is 0.738. The molecule has 0 aliphatic carbocycles. The molecule has 0 spiro atoms. The van der Waals surface area contributed by atoms with Gasteiger partial charge in [-0.3, -0.25) is 0 Å². The summed E-state index contributed by atoms with van der Waals surface area (Å²) < 4.78 is 17.3. The third-order valence-corrected chi connectivity index (χ3v) is 4.01. The van der Waals surface area contributed by atoms with Crippen LogP contribution in [0.2, 0.25) is 0 Å². The Morgan fingerprint density at radius 1 is 1.11 bits per heavy atom. The van der Waals surface area contributed by atoms with Crippen LogP contribution in [0, 0.1) is 5.41 Å². The number of hydrogen-bond donors (Lipinski definition) is 0. The number of para-hydroxylation sites is 1. The second kappa shape index (κ2) is 5.40. The van der Waals surface area contributed by atoms with Crippen molar-refractivity contribution in [2.45, 2.75) is 40.0 Å². The van der Waals surface area contributed by atoms with Crippen LogP contribution in [-0.2, 0) is 14.5 Å². The molecule has 0 amide bonds. The molecule has 3 nitrogen and oxygen atoms in total. The van der Waals surface area contributed by atoms with Gasteiger partial charge < -0.3 is 13.6 Å². The van der Waals surface area contributed by atoms with Crippen molar-refractivity contribution in [1.29, 1.82) is 0 Å². The molecule has 1 aliphatic rings. The minimum Gasteiger partial charge on any atom is -0.426 e. The van der Waals surface area contributed by atoms with Gasteiger partial charge in [0, 0.05) is 5.41 Å². The Morgan fingerprint density at radius 2 is 1.68 bits per heavy atom. The molecule has 19 heavy (non-hydrogen) atoms. The van der Waals surface area contributed by atoms with Crippen LogP contribution in [-0.4, -0.2) is 13.2 Å². The van der Waals surface area contributed by atoms with Gasteiger partial charge in [-0.05, 0) is 17.0 Å². The van der Waals surface area contributed by atoms with Crippen molar-refractivity contribution < 1.29 is 13.6 Å². The highest BCUT2D eigenvalue weighted by atomic mass is 31.2. The van der Waals surface area contributed by atoms with Crippen LogP contribution in [0.5, 0.6) is 5.75 Å². The first kappa shape index (κ1) is 14.8. The molecule has 1 heterocycles. The standard InChI is InChI=1S/C15H23O3P/c1-14(2,3)12-8-6-7-9-13(12)18-19-16-10-15(4,5)11-17-19/h6-9H,10-11H2,1-5H3. The Bertz CT molecular complexity index is 427. The molecule has 0 saturated carbocycles. The zero-order valence-corrected chi connectivity index (χ0v) is 13.3. The molecule has 0 unspecified atom stereocenters. The normalized spacial score (nSPS) is 20.3. The zero-order chi connectivity index (χ0) is 14.1. The van der Waals surface area contributed by atoms with Crippen LogP contribution in [0.3, 0.4) is 0 Å². The Balaban J connectivity index is 2.08. The van der Waals surface area contributed by atoms with Crippen molar-refractivity contribution in [3.63, 3.8) is 0 Å². The van der Waals surface area contributed by atoms with Crippen LogP contribution >= 0.6 is 8.60 Å². The maximum absolute atomic E-state index is 5.93. The molecule has 0 bridgehead atoms. The van der Waals surface area contributed by atoms with E-state index in [-0.39, 0.29) is 10.8 Å². The highest BCUT2D eigenvalue weighted by molar-refractivity contribution is 7.42. The van der Waals surface area contributed by atoms with E-state index >= 15 is 0 Å². The van der Waals surface area contributed by atoms with E-state index in [1.54, 1.807) is 0 Å². The highest BCUT2D eigenvalue weighted by Gasteiger charge is 2.32.